The van der Waals surface area contributed by atoms with Gasteiger partial charge >= 0.3 is 0 Å². The van der Waals surface area contributed by atoms with Crippen LogP contribution in [0.1, 0.15) is 52.4 Å². The second-order valence-corrected chi connectivity index (χ2v) is 8.49. The molecular weight excluding hydrogens is 389 g/mol. The predicted molar refractivity (Wildman–Crippen MR) is 110 cm³/mol. The number of aromatic nitrogens is 2. The molecule has 7 nitrogen and oxygen atoms in total. The van der Waals surface area contributed by atoms with Crippen molar-refractivity contribution >= 4 is 16.9 Å². The van der Waals surface area contributed by atoms with Crippen molar-refractivity contribution in [1.29, 1.82) is 0 Å². The fourth-order valence-corrected chi connectivity index (χ4v) is 3.87. The van der Waals surface area contributed by atoms with Gasteiger partial charge in [0.25, 0.3) is 6.01 Å². The Hall–Kier alpha value is -2.35. The Balaban J connectivity index is 1.32. The average Bonchev–Trinajstić information content (AvgIpc) is 3.47. The summed E-state index contributed by atoms with van der Waals surface area (Å²) in [5, 5.41) is 2.83. The molecule has 1 atom stereocenters. The highest BCUT2D eigenvalue weighted by Crippen LogP contribution is 2.33. The van der Waals surface area contributed by atoms with Gasteiger partial charge in [0.2, 0.25) is 5.91 Å². The van der Waals surface area contributed by atoms with Crippen molar-refractivity contribution in [2.45, 2.75) is 76.7 Å². The second-order valence-electron chi connectivity index (χ2n) is 8.49. The summed E-state index contributed by atoms with van der Waals surface area (Å²) < 4.78 is 33.9. The van der Waals surface area contributed by atoms with Crippen molar-refractivity contribution in [1.82, 2.24) is 14.9 Å². The molecule has 1 aromatic heterocycles. The second kappa shape index (κ2) is 8.79. The van der Waals surface area contributed by atoms with Crippen LogP contribution in [0.15, 0.2) is 12.1 Å². The molecule has 1 amide bonds. The maximum Gasteiger partial charge on any atom is 0.297 e. The number of nitrogens with one attached hydrogen (secondary N) is 1. The first-order valence-corrected chi connectivity index (χ1v) is 10.8. The highest BCUT2D eigenvalue weighted by molar-refractivity contribution is 5.78. The SMILES string of the molecule is CC(=O)N[C@@H](C)CO[C@H]1CC[C@H](Oc2nc3cc(F)c(OC4CC4)cc3n2C)CC1. The summed E-state index contributed by atoms with van der Waals surface area (Å²) in [6, 6.07) is 3.63. The van der Waals surface area contributed by atoms with Gasteiger partial charge in [-0.05, 0) is 45.4 Å². The van der Waals surface area contributed by atoms with E-state index in [2.05, 4.69) is 10.3 Å². The highest BCUT2D eigenvalue weighted by Gasteiger charge is 2.27. The van der Waals surface area contributed by atoms with Crippen LogP contribution >= 0.6 is 0 Å². The predicted octanol–water partition coefficient (Wildman–Crippen LogP) is 3.48. The minimum atomic E-state index is -0.384. The van der Waals surface area contributed by atoms with Crippen molar-refractivity contribution in [3.05, 3.63) is 17.9 Å². The zero-order valence-corrected chi connectivity index (χ0v) is 17.8. The lowest BCUT2D eigenvalue weighted by Gasteiger charge is -2.29. The largest absolute Gasteiger partial charge is 0.487 e. The molecule has 2 aliphatic rings. The van der Waals surface area contributed by atoms with E-state index >= 15 is 0 Å². The third-order valence-corrected chi connectivity index (χ3v) is 5.64. The normalized spacial score (nSPS) is 22.7. The zero-order chi connectivity index (χ0) is 21.3. The van der Waals surface area contributed by atoms with Crippen molar-refractivity contribution in [3.63, 3.8) is 0 Å². The van der Waals surface area contributed by atoms with Crippen LogP contribution in [-0.4, -0.2) is 46.4 Å². The molecule has 2 saturated carbocycles. The fraction of sp³-hybridized carbons (Fsp3) is 0.636. The van der Waals surface area contributed by atoms with E-state index < -0.39 is 0 Å². The van der Waals surface area contributed by atoms with Gasteiger partial charge in [0.05, 0.1) is 29.8 Å². The first kappa shape index (κ1) is 20.9. The number of benzene rings is 1. The molecule has 1 aromatic carbocycles. The Kier molecular flexibility index (Phi) is 6.13. The Labute approximate surface area is 175 Å². The number of carbonyl (C=O) groups excluding carboxylic acids is 1. The van der Waals surface area contributed by atoms with E-state index in [1.807, 2.05) is 18.5 Å². The van der Waals surface area contributed by atoms with Crippen LogP contribution in [-0.2, 0) is 16.6 Å². The number of ether oxygens (including phenoxy) is 3. The van der Waals surface area contributed by atoms with Gasteiger partial charge in [-0.2, -0.15) is 4.98 Å². The first-order chi connectivity index (χ1) is 14.4. The number of aryl methyl sites for hydroxylation is 1. The molecule has 2 fully saturated rings. The standard InChI is InChI=1S/C22H30FN3O4/c1-13(24-14(2)27)12-28-15-4-6-17(7-5-15)30-22-25-19-10-18(23)21(29-16-8-9-16)11-20(19)26(22)3/h10-11,13,15-17H,4-9,12H2,1-3H3,(H,24,27)/t13-,15-,17-/m0/s1. The quantitative estimate of drug-likeness (QED) is 0.709. The number of nitrogens with zero attached hydrogens (tertiary/aromatic N) is 2. The van der Waals surface area contributed by atoms with E-state index in [1.54, 1.807) is 6.07 Å². The lowest BCUT2D eigenvalue weighted by atomic mass is 9.95. The summed E-state index contributed by atoms with van der Waals surface area (Å²) in [7, 11) is 1.88. The van der Waals surface area contributed by atoms with Gasteiger partial charge in [0.15, 0.2) is 11.6 Å². The molecule has 8 heteroatoms. The average molecular weight is 419 g/mol. The van der Waals surface area contributed by atoms with E-state index in [4.69, 9.17) is 14.2 Å². The van der Waals surface area contributed by atoms with Crippen molar-refractivity contribution in [2.24, 2.45) is 7.05 Å². The molecule has 0 aliphatic heterocycles. The molecule has 4 rings (SSSR count). The van der Waals surface area contributed by atoms with Crippen molar-refractivity contribution < 1.29 is 23.4 Å². The molecule has 30 heavy (non-hydrogen) atoms. The molecule has 1 heterocycles. The molecule has 0 unspecified atom stereocenters. The van der Waals surface area contributed by atoms with Crippen molar-refractivity contribution in [3.8, 4) is 11.8 Å². The van der Waals surface area contributed by atoms with E-state index in [-0.39, 0.29) is 41.8 Å². The third kappa shape index (κ3) is 5.03. The molecule has 0 saturated heterocycles. The van der Waals surface area contributed by atoms with Gasteiger partial charge in [0.1, 0.15) is 6.10 Å². The van der Waals surface area contributed by atoms with Gasteiger partial charge in [-0.1, -0.05) is 0 Å². The molecule has 0 spiro atoms. The summed E-state index contributed by atoms with van der Waals surface area (Å²) >= 11 is 0. The molecule has 2 aliphatic carbocycles. The number of amides is 1. The molecule has 0 bridgehead atoms. The van der Waals surface area contributed by atoms with E-state index in [0.29, 0.717) is 18.1 Å². The Morgan fingerprint density at radius 1 is 1.17 bits per heavy atom. The minimum Gasteiger partial charge on any atom is -0.487 e. The number of carbonyl (C=O) groups is 1. The Morgan fingerprint density at radius 2 is 1.80 bits per heavy atom. The van der Waals surface area contributed by atoms with Gasteiger partial charge in [-0.3, -0.25) is 9.36 Å². The summed E-state index contributed by atoms with van der Waals surface area (Å²) in [5.74, 6) is -0.146. The lowest BCUT2D eigenvalue weighted by molar-refractivity contribution is -0.120. The van der Waals surface area contributed by atoms with Gasteiger partial charge in [0, 0.05) is 32.1 Å². The monoisotopic (exact) mass is 419 g/mol. The fourth-order valence-electron chi connectivity index (χ4n) is 3.87. The van der Waals surface area contributed by atoms with Crippen LogP contribution in [0, 0.1) is 5.82 Å². The first-order valence-electron chi connectivity index (χ1n) is 10.8. The molecule has 2 aromatic rings. The number of imidazole rings is 1. The minimum absolute atomic E-state index is 0.00523. The summed E-state index contributed by atoms with van der Waals surface area (Å²) in [6.07, 6.45) is 5.87. The number of halogens is 1. The van der Waals surface area contributed by atoms with Gasteiger partial charge in [-0.15, -0.1) is 0 Å². The Morgan fingerprint density at radius 3 is 2.47 bits per heavy atom. The van der Waals surface area contributed by atoms with Crippen LogP contribution in [0.25, 0.3) is 11.0 Å². The summed E-state index contributed by atoms with van der Waals surface area (Å²) in [4.78, 5) is 15.6. The maximum absolute atomic E-state index is 14.3. The Bertz CT molecular complexity index is 903. The maximum atomic E-state index is 14.3. The molecule has 1 N–H and O–H groups in total. The molecule has 164 valence electrons. The topological polar surface area (TPSA) is 74.6 Å². The zero-order valence-electron chi connectivity index (χ0n) is 17.8. The summed E-state index contributed by atoms with van der Waals surface area (Å²) in [6.45, 7) is 3.96. The van der Waals surface area contributed by atoms with E-state index in [9.17, 15) is 9.18 Å². The van der Waals surface area contributed by atoms with Crippen LogP contribution in [0.3, 0.4) is 0 Å². The number of hydrogen-bond donors (Lipinski definition) is 1. The third-order valence-electron chi connectivity index (χ3n) is 5.64. The smallest absolute Gasteiger partial charge is 0.297 e. The molecular formula is C22H30FN3O4. The number of rotatable bonds is 8. The van der Waals surface area contributed by atoms with Crippen LogP contribution in [0.2, 0.25) is 0 Å². The van der Waals surface area contributed by atoms with Crippen LogP contribution in [0.5, 0.6) is 11.8 Å². The highest BCUT2D eigenvalue weighted by atomic mass is 19.1. The van der Waals surface area contributed by atoms with E-state index in [0.717, 1.165) is 44.0 Å². The number of fused-ring (bicyclic) bond motifs is 1. The summed E-state index contributed by atoms with van der Waals surface area (Å²) in [5.41, 5.74) is 1.36. The number of hydrogen-bond acceptors (Lipinski definition) is 5. The van der Waals surface area contributed by atoms with Gasteiger partial charge < -0.3 is 19.5 Å². The van der Waals surface area contributed by atoms with Gasteiger partial charge in [-0.25, -0.2) is 4.39 Å². The lowest BCUT2D eigenvalue weighted by Crippen LogP contribution is -2.37. The van der Waals surface area contributed by atoms with Crippen molar-refractivity contribution in [2.75, 3.05) is 6.61 Å². The van der Waals surface area contributed by atoms with Crippen LogP contribution < -0.4 is 14.8 Å². The molecule has 0 radical (unpaired) electrons. The van der Waals surface area contributed by atoms with Crippen LogP contribution in [0.4, 0.5) is 4.39 Å². The van der Waals surface area contributed by atoms with E-state index in [1.165, 1.54) is 13.0 Å².